The van der Waals surface area contributed by atoms with E-state index in [9.17, 15) is 5.26 Å². The molecule has 0 spiro atoms. The molecule has 0 radical (unpaired) electrons. The Hall–Kier alpha value is -2.24. The summed E-state index contributed by atoms with van der Waals surface area (Å²) in [5.74, 6) is 2.22. The Morgan fingerprint density at radius 2 is 2.18 bits per heavy atom. The normalized spacial score (nSPS) is 10.6. The fourth-order valence-electron chi connectivity index (χ4n) is 1.86. The van der Waals surface area contributed by atoms with E-state index in [1.54, 1.807) is 18.3 Å². The van der Waals surface area contributed by atoms with Gasteiger partial charge >= 0.3 is 0 Å². The van der Waals surface area contributed by atoms with Crippen molar-refractivity contribution >= 4 is 23.1 Å². The third kappa shape index (κ3) is 3.00. The Morgan fingerprint density at radius 3 is 2.91 bits per heavy atom. The van der Waals surface area contributed by atoms with Crippen LogP contribution in [0.25, 0.3) is 10.8 Å². The molecule has 0 bridgehead atoms. The molecule has 8 heteroatoms. The highest BCUT2D eigenvalue weighted by atomic mass is 32.2. The van der Waals surface area contributed by atoms with E-state index in [2.05, 4.69) is 26.2 Å². The first-order valence-electron chi connectivity index (χ1n) is 6.42. The van der Waals surface area contributed by atoms with Crippen LogP contribution in [0, 0.1) is 25.2 Å². The average Bonchev–Trinajstić information content (AvgIpc) is 3.15. The number of hydrogen-bond donors (Lipinski definition) is 0. The van der Waals surface area contributed by atoms with Gasteiger partial charge in [0.15, 0.2) is 5.82 Å². The highest BCUT2D eigenvalue weighted by Gasteiger charge is 2.14. The minimum absolute atomic E-state index is 0.486. The van der Waals surface area contributed by atoms with Crippen molar-refractivity contribution in [2.45, 2.75) is 24.6 Å². The number of aryl methyl sites for hydroxylation is 2. The molecule has 3 aromatic heterocycles. The van der Waals surface area contributed by atoms with Gasteiger partial charge in [-0.15, -0.1) is 11.3 Å². The molecular formula is C14H11N5OS2. The van der Waals surface area contributed by atoms with Crippen molar-refractivity contribution in [2.75, 3.05) is 0 Å². The highest BCUT2D eigenvalue weighted by Crippen LogP contribution is 2.27. The van der Waals surface area contributed by atoms with Crippen LogP contribution in [-0.4, -0.2) is 20.1 Å². The molecule has 3 aromatic rings. The van der Waals surface area contributed by atoms with Crippen LogP contribution in [0.2, 0.25) is 0 Å². The van der Waals surface area contributed by atoms with E-state index in [-0.39, 0.29) is 0 Å². The Morgan fingerprint density at radius 1 is 1.32 bits per heavy atom. The van der Waals surface area contributed by atoms with Crippen LogP contribution in [0.15, 0.2) is 27.1 Å². The van der Waals surface area contributed by atoms with E-state index in [1.165, 1.54) is 11.8 Å². The lowest BCUT2D eigenvalue weighted by Crippen LogP contribution is -1.99. The fourth-order valence-corrected chi connectivity index (χ4v) is 3.42. The summed E-state index contributed by atoms with van der Waals surface area (Å²) in [5.41, 5.74) is 1.18. The van der Waals surface area contributed by atoms with Crippen molar-refractivity contribution in [3.63, 3.8) is 0 Å². The van der Waals surface area contributed by atoms with Crippen molar-refractivity contribution in [2.24, 2.45) is 0 Å². The van der Waals surface area contributed by atoms with Gasteiger partial charge in [0.25, 0.3) is 5.89 Å². The first kappa shape index (κ1) is 14.7. The summed E-state index contributed by atoms with van der Waals surface area (Å²) in [6, 6.07) is 6.01. The zero-order valence-electron chi connectivity index (χ0n) is 11.9. The molecular weight excluding hydrogens is 318 g/mol. The maximum absolute atomic E-state index is 9.22. The van der Waals surface area contributed by atoms with Crippen molar-refractivity contribution in [3.8, 4) is 16.8 Å². The Labute approximate surface area is 135 Å². The molecule has 0 N–H and O–H groups in total. The van der Waals surface area contributed by atoms with Gasteiger partial charge in [-0.3, -0.25) is 0 Å². The summed E-state index contributed by atoms with van der Waals surface area (Å²) in [7, 11) is 0. The number of hydrogen-bond acceptors (Lipinski definition) is 8. The second kappa shape index (κ2) is 6.25. The van der Waals surface area contributed by atoms with E-state index in [0.717, 1.165) is 4.88 Å². The molecule has 0 saturated heterocycles. The first-order chi connectivity index (χ1) is 10.7. The van der Waals surface area contributed by atoms with Gasteiger partial charge in [-0.2, -0.15) is 10.2 Å². The predicted octanol–water partition coefficient (Wildman–Crippen LogP) is 3.37. The highest BCUT2D eigenvalue weighted by molar-refractivity contribution is 7.98. The molecule has 0 aliphatic rings. The molecule has 0 aromatic carbocycles. The molecule has 0 atom stereocenters. The molecule has 0 aliphatic carbocycles. The SMILES string of the molecule is Cc1nc(C)c(C#N)c(SCc2noc(-c3cccs3)n2)n1. The Bertz CT molecular complexity index is 836. The maximum atomic E-state index is 9.22. The quantitative estimate of drug-likeness (QED) is 0.535. The van der Waals surface area contributed by atoms with Gasteiger partial charge in [-0.05, 0) is 25.3 Å². The lowest BCUT2D eigenvalue weighted by atomic mass is 10.3. The van der Waals surface area contributed by atoms with E-state index >= 15 is 0 Å². The summed E-state index contributed by atoms with van der Waals surface area (Å²) in [5, 5.41) is 15.8. The van der Waals surface area contributed by atoms with Crippen LogP contribution in [0.5, 0.6) is 0 Å². The number of thiophene rings is 1. The van der Waals surface area contributed by atoms with Crippen LogP contribution in [0.4, 0.5) is 0 Å². The average molecular weight is 329 g/mol. The van der Waals surface area contributed by atoms with Gasteiger partial charge in [-0.1, -0.05) is 23.0 Å². The largest absolute Gasteiger partial charge is 0.333 e. The zero-order chi connectivity index (χ0) is 15.5. The second-order valence-corrected chi connectivity index (χ2v) is 6.34. The third-order valence-corrected chi connectivity index (χ3v) is 4.65. The Balaban J connectivity index is 1.78. The minimum atomic E-state index is 0.486. The lowest BCUT2D eigenvalue weighted by Gasteiger charge is -2.04. The number of nitrogens with zero attached hydrogens (tertiary/aromatic N) is 5. The topological polar surface area (TPSA) is 88.5 Å². The summed E-state index contributed by atoms with van der Waals surface area (Å²) in [6.07, 6.45) is 0. The molecule has 0 fully saturated rings. The van der Waals surface area contributed by atoms with Gasteiger partial charge in [0.05, 0.1) is 16.3 Å². The number of thioether (sulfide) groups is 1. The molecule has 3 rings (SSSR count). The van der Waals surface area contributed by atoms with Gasteiger partial charge in [-0.25, -0.2) is 9.97 Å². The van der Waals surface area contributed by atoms with Crippen LogP contribution in [0.1, 0.15) is 22.9 Å². The third-order valence-electron chi connectivity index (χ3n) is 2.82. The molecule has 0 unspecified atom stereocenters. The predicted molar refractivity (Wildman–Crippen MR) is 83.4 cm³/mol. The summed E-state index contributed by atoms with van der Waals surface area (Å²) in [4.78, 5) is 13.8. The molecule has 0 saturated carbocycles. The Kier molecular flexibility index (Phi) is 4.18. The van der Waals surface area contributed by atoms with Gasteiger partial charge in [0.2, 0.25) is 0 Å². The monoisotopic (exact) mass is 329 g/mol. The smallest absolute Gasteiger partial charge is 0.268 e. The van der Waals surface area contributed by atoms with Crippen LogP contribution in [-0.2, 0) is 5.75 Å². The second-order valence-electron chi connectivity index (χ2n) is 4.43. The maximum Gasteiger partial charge on any atom is 0.268 e. The number of rotatable bonds is 4. The summed E-state index contributed by atoms with van der Waals surface area (Å²) in [6.45, 7) is 3.61. The van der Waals surface area contributed by atoms with Crippen LogP contribution >= 0.6 is 23.1 Å². The van der Waals surface area contributed by atoms with E-state index in [1.807, 2.05) is 24.4 Å². The van der Waals surface area contributed by atoms with E-state index < -0.39 is 0 Å². The van der Waals surface area contributed by atoms with Crippen LogP contribution in [0.3, 0.4) is 0 Å². The molecule has 6 nitrogen and oxygen atoms in total. The summed E-state index contributed by atoms with van der Waals surface area (Å²) >= 11 is 2.96. The van der Waals surface area contributed by atoms with Crippen molar-refractivity contribution in [3.05, 3.63) is 40.4 Å². The molecule has 0 aliphatic heterocycles. The lowest BCUT2D eigenvalue weighted by molar-refractivity contribution is 0.426. The number of aromatic nitrogens is 4. The standard InChI is InChI=1S/C14H11N5OS2/c1-8-10(6-15)14(17-9(2)16-8)22-7-12-18-13(20-19-12)11-4-3-5-21-11/h3-5H,7H2,1-2H3. The van der Waals surface area contributed by atoms with E-state index in [4.69, 9.17) is 4.52 Å². The van der Waals surface area contributed by atoms with Crippen LogP contribution < -0.4 is 0 Å². The number of nitriles is 1. The zero-order valence-corrected chi connectivity index (χ0v) is 13.5. The first-order valence-corrected chi connectivity index (χ1v) is 8.28. The minimum Gasteiger partial charge on any atom is -0.333 e. The van der Waals surface area contributed by atoms with Crippen molar-refractivity contribution < 1.29 is 4.52 Å². The molecule has 22 heavy (non-hydrogen) atoms. The van der Waals surface area contributed by atoms with Gasteiger partial charge < -0.3 is 4.52 Å². The molecule has 110 valence electrons. The van der Waals surface area contributed by atoms with E-state index in [0.29, 0.717) is 39.6 Å². The summed E-state index contributed by atoms with van der Waals surface area (Å²) < 4.78 is 5.24. The molecule has 0 amide bonds. The van der Waals surface area contributed by atoms with Gasteiger partial charge in [0, 0.05) is 0 Å². The molecule has 3 heterocycles. The fraction of sp³-hybridized carbons (Fsp3) is 0.214. The van der Waals surface area contributed by atoms with Crippen molar-refractivity contribution in [1.29, 1.82) is 5.26 Å². The van der Waals surface area contributed by atoms with Crippen molar-refractivity contribution in [1.82, 2.24) is 20.1 Å². The van der Waals surface area contributed by atoms with Gasteiger partial charge in [0.1, 0.15) is 22.5 Å².